The summed E-state index contributed by atoms with van der Waals surface area (Å²) in [6, 6.07) is 1.31. The maximum Gasteiger partial charge on any atom is 0.357 e. The number of rotatable bonds is 3. The number of ether oxygens (including phenoxy) is 1. The highest BCUT2D eigenvalue weighted by atomic mass is 16.5. The number of nitrogens with zero attached hydrogens (tertiary/aromatic N) is 2. The molecule has 0 bridgehead atoms. The Bertz CT molecular complexity index is 590. The smallest absolute Gasteiger partial charge is 0.357 e. The Labute approximate surface area is 104 Å². The average Bonchev–Trinajstić information content (AvgIpc) is 2.73. The predicted octanol–water partition coefficient (Wildman–Crippen LogP) is 1.96. The molecule has 2 aromatic heterocycles. The number of fused-ring (bicyclic) bond motifs is 1. The zero-order valence-corrected chi connectivity index (χ0v) is 10.5. The average molecular weight is 249 g/mol. The number of nitrogens with one attached hydrogen (secondary N) is 1. The fourth-order valence-corrected chi connectivity index (χ4v) is 1.76. The Morgan fingerprint density at radius 1 is 1.56 bits per heavy atom. The highest BCUT2D eigenvalue weighted by Gasteiger charge is 2.18. The van der Waals surface area contributed by atoms with Crippen molar-refractivity contribution >= 4 is 17.0 Å². The van der Waals surface area contributed by atoms with Crippen LogP contribution in [0, 0.1) is 0 Å². The molecule has 2 rings (SSSR count). The Balaban J connectivity index is 2.55. The molecule has 0 saturated heterocycles. The third kappa shape index (κ3) is 2.01. The van der Waals surface area contributed by atoms with Crippen molar-refractivity contribution in [3.63, 3.8) is 0 Å². The van der Waals surface area contributed by atoms with Gasteiger partial charge in [0.25, 0.3) is 0 Å². The molecule has 0 aliphatic rings. The van der Waals surface area contributed by atoms with Crippen molar-refractivity contribution in [2.24, 2.45) is 0 Å². The van der Waals surface area contributed by atoms with Gasteiger partial charge in [0.05, 0.1) is 17.7 Å². The van der Waals surface area contributed by atoms with Crippen LogP contribution < -0.4 is 0 Å². The summed E-state index contributed by atoms with van der Waals surface area (Å²) >= 11 is 0. The lowest BCUT2D eigenvalue weighted by Crippen LogP contribution is -2.07. The molecule has 2 aromatic rings. The quantitative estimate of drug-likeness (QED) is 0.812. The maximum absolute atomic E-state index is 11.6. The predicted molar refractivity (Wildman–Crippen MR) is 65.6 cm³/mol. The zero-order valence-electron chi connectivity index (χ0n) is 10.5. The highest BCUT2D eigenvalue weighted by molar-refractivity contribution is 5.93. The number of carbonyl (C=O) groups is 1. The first-order valence-corrected chi connectivity index (χ1v) is 5.79. The van der Waals surface area contributed by atoms with Gasteiger partial charge in [0, 0.05) is 6.07 Å². The summed E-state index contributed by atoms with van der Waals surface area (Å²) in [6.45, 7) is 5.91. The number of hydrogen-bond acceptors (Lipinski definition) is 5. The number of carbonyl (C=O) groups excluding carboxylic acids is 1. The first-order chi connectivity index (χ1) is 8.54. The fraction of sp³-hybridized carbons (Fsp3) is 0.417. The molecule has 0 unspecified atom stereocenters. The SMILES string of the molecule is CCOC(=O)c1cc(O)c2c(C(C)C)n[nH]c2n1. The molecular formula is C12H15N3O3. The van der Waals surface area contributed by atoms with Gasteiger partial charge in [0.1, 0.15) is 5.75 Å². The second-order valence-corrected chi connectivity index (χ2v) is 4.23. The van der Waals surface area contributed by atoms with Crippen LogP contribution in [0.3, 0.4) is 0 Å². The minimum atomic E-state index is -0.560. The van der Waals surface area contributed by atoms with Gasteiger partial charge < -0.3 is 9.84 Å². The number of H-pyrrole nitrogens is 1. The van der Waals surface area contributed by atoms with Crippen molar-refractivity contribution in [3.8, 4) is 5.75 Å². The van der Waals surface area contributed by atoms with Gasteiger partial charge in [-0.25, -0.2) is 9.78 Å². The Morgan fingerprint density at radius 2 is 2.28 bits per heavy atom. The van der Waals surface area contributed by atoms with Gasteiger partial charge in [-0.15, -0.1) is 0 Å². The van der Waals surface area contributed by atoms with Crippen molar-refractivity contribution in [1.29, 1.82) is 0 Å². The van der Waals surface area contributed by atoms with Crippen molar-refractivity contribution in [2.75, 3.05) is 6.61 Å². The molecule has 0 saturated carbocycles. The van der Waals surface area contributed by atoms with Crippen molar-refractivity contribution in [3.05, 3.63) is 17.5 Å². The largest absolute Gasteiger partial charge is 0.507 e. The molecule has 0 atom stereocenters. The topological polar surface area (TPSA) is 88.1 Å². The van der Waals surface area contributed by atoms with Crippen LogP contribution in [0.4, 0.5) is 0 Å². The molecule has 6 heteroatoms. The minimum absolute atomic E-state index is 0.0134. The normalized spacial score (nSPS) is 11.1. The lowest BCUT2D eigenvalue weighted by molar-refractivity contribution is 0.0519. The summed E-state index contributed by atoms with van der Waals surface area (Å²) in [4.78, 5) is 15.7. The van der Waals surface area contributed by atoms with Crippen LogP contribution in [0.15, 0.2) is 6.07 Å². The van der Waals surface area contributed by atoms with E-state index in [0.29, 0.717) is 11.0 Å². The maximum atomic E-state index is 11.6. The highest BCUT2D eigenvalue weighted by Crippen LogP contribution is 2.30. The summed E-state index contributed by atoms with van der Waals surface area (Å²) in [5.74, 6) is -0.421. The molecular weight excluding hydrogens is 234 g/mol. The van der Waals surface area contributed by atoms with Gasteiger partial charge in [0.2, 0.25) is 0 Å². The van der Waals surface area contributed by atoms with E-state index in [1.807, 2.05) is 13.8 Å². The summed E-state index contributed by atoms with van der Waals surface area (Å²) in [5.41, 5.74) is 1.19. The molecule has 96 valence electrons. The third-order valence-electron chi connectivity index (χ3n) is 2.57. The van der Waals surface area contributed by atoms with Gasteiger partial charge in [-0.05, 0) is 12.8 Å². The van der Waals surface area contributed by atoms with Gasteiger partial charge in [0.15, 0.2) is 11.3 Å². The van der Waals surface area contributed by atoms with E-state index >= 15 is 0 Å². The lowest BCUT2D eigenvalue weighted by atomic mass is 10.1. The molecule has 18 heavy (non-hydrogen) atoms. The molecule has 0 fully saturated rings. The Hall–Kier alpha value is -2.11. The van der Waals surface area contributed by atoms with E-state index in [1.54, 1.807) is 6.92 Å². The van der Waals surface area contributed by atoms with Gasteiger partial charge in [-0.3, -0.25) is 5.10 Å². The number of aromatic nitrogens is 3. The summed E-state index contributed by atoms with van der Waals surface area (Å²) < 4.78 is 4.84. The van der Waals surface area contributed by atoms with Gasteiger partial charge in [-0.2, -0.15) is 5.10 Å². The number of aromatic hydroxyl groups is 1. The van der Waals surface area contributed by atoms with Crippen molar-refractivity contribution in [2.45, 2.75) is 26.7 Å². The van der Waals surface area contributed by atoms with E-state index < -0.39 is 5.97 Å². The second kappa shape index (κ2) is 4.64. The van der Waals surface area contributed by atoms with Gasteiger partial charge >= 0.3 is 5.97 Å². The van der Waals surface area contributed by atoms with Crippen LogP contribution in [-0.4, -0.2) is 32.9 Å². The summed E-state index contributed by atoms with van der Waals surface area (Å²) in [5, 5.41) is 17.4. The number of esters is 1. The van der Waals surface area contributed by atoms with E-state index in [4.69, 9.17) is 4.74 Å². The first kappa shape index (κ1) is 12.3. The second-order valence-electron chi connectivity index (χ2n) is 4.23. The zero-order chi connectivity index (χ0) is 13.3. The molecule has 2 N–H and O–H groups in total. The number of pyridine rings is 1. The molecule has 0 aromatic carbocycles. The molecule has 0 spiro atoms. The molecule has 0 aliphatic carbocycles. The van der Waals surface area contributed by atoms with E-state index in [1.165, 1.54) is 6.07 Å². The third-order valence-corrected chi connectivity index (χ3v) is 2.57. The lowest BCUT2D eigenvalue weighted by Gasteiger charge is -2.04. The Morgan fingerprint density at radius 3 is 2.89 bits per heavy atom. The monoisotopic (exact) mass is 249 g/mol. The molecule has 6 nitrogen and oxygen atoms in total. The van der Waals surface area contributed by atoms with Crippen molar-refractivity contribution < 1.29 is 14.6 Å². The van der Waals surface area contributed by atoms with E-state index in [0.717, 1.165) is 5.69 Å². The molecule has 0 aliphatic heterocycles. The van der Waals surface area contributed by atoms with Crippen molar-refractivity contribution in [1.82, 2.24) is 15.2 Å². The standard InChI is InChI=1S/C12H15N3O3/c1-4-18-12(17)7-5-8(16)9-10(6(2)3)14-15-11(9)13-7/h5-6H,4H2,1-3H3,(H2,13,14,15,16). The van der Waals surface area contributed by atoms with Crippen LogP contribution in [0.1, 0.15) is 42.9 Å². The molecule has 0 amide bonds. The molecule has 0 radical (unpaired) electrons. The van der Waals surface area contributed by atoms with Crippen LogP contribution in [0.25, 0.3) is 11.0 Å². The minimum Gasteiger partial charge on any atom is -0.507 e. The molecule has 2 heterocycles. The van der Waals surface area contributed by atoms with E-state index in [-0.39, 0.29) is 24.0 Å². The fourth-order valence-electron chi connectivity index (χ4n) is 1.76. The van der Waals surface area contributed by atoms with Crippen LogP contribution in [0.2, 0.25) is 0 Å². The summed E-state index contributed by atoms with van der Waals surface area (Å²) in [6.07, 6.45) is 0. The van der Waals surface area contributed by atoms with Gasteiger partial charge in [-0.1, -0.05) is 13.8 Å². The van der Waals surface area contributed by atoms with Crippen LogP contribution >= 0.6 is 0 Å². The number of aromatic amines is 1. The van der Waals surface area contributed by atoms with Crippen LogP contribution in [0.5, 0.6) is 5.75 Å². The first-order valence-electron chi connectivity index (χ1n) is 5.79. The Kier molecular flexibility index (Phi) is 3.18. The van der Waals surface area contributed by atoms with E-state index in [9.17, 15) is 9.90 Å². The summed E-state index contributed by atoms with van der Waals surface area (Å²) in [7, 11) is 0. The van der Waals surface area contributed by atoms with Crippen LogP contribution in [-0.2, 0) is 4.74 Å². The van der Waals surface area contributed by atoms with E-state index in [2.05, 4.69) is 15.2 Å². The number of hydrogen-bond donors (Lipinski definition) is 2.